The van der Waals surface area contributed by atoms with E-state index in [1.807, 2.05) is 12.3 Å². The van der Waals surface area contributed by atoms with Crippen molar-refractivity contribution in [3.05, 3.63) is 33.0 Å². The Morgan fingerprint density at radius 2 is 2.35 bits per heavy atom. The fourth-order valence-corrected chi connectivity index (χ4v) is 3.96. The molecule has 23 heavy (non-hydrogen) atoms. The van der Waals surface area contributed by atoms with Crippen LogP contribution in [-0.4, -0.2) is 41.5 Å². The van der Waals surface area contributed by atoms with Crippen LogP contribution in [0.2, 0.25) is 0 Å². The number of ether oxygens (including phenoxy) is 1. The maximum absolute atomic E-state index is 12.1. The van der Waals surface area contributed by atoms with Gasteiger partial charge in [-0.25, -0.2) is 4.98 Å². The number of rotatable bonds is 5. The van der Waals surface area contributed by atoms with Crippen molar-refractivity contribution in [2.24, 2.45) is 0 Å². The maximum Gasteiger partial charge on any atom is 0.258 e. The average Bonchev–Trinajstić information content (AvgIpc) is 3.20. The fourth-order valence-electron chi connectivity index (χ4n) is 2.31. The first-order valence-electron chi connectivity index (χ1n) is 7.35. The van der Waals surface area contributed by atoms with E-state index in [0.717, 1.165) is 10.6 Å². The lowest BCUT2D eigenvalue weighted by atomic mass is 10.2. The Kier molecular flexibility index (Phi) is 5.04. The summed E-state index contributed by atoms with van der Waals surface area (Å²) in [5, 5.41) is 7.08. The van der Waals surface area contributed by atoms with Gasteiger partial charge >= 0.3 is 0 Å². The molecule has 0 spiro atoms. The summed E-state index contributed by atoms with van der Waals surface area (Å²) in [5.41, 5.74) is 1.60. The van der Waals surface area contributed by atoms with Crippen molar-refractivity contribution in [2.45, 2.75) is 19.9 Å². The summed E-state index contributed by atoms with van der Waals surface area (Å²) in [5.74, 6) is -0.156. The highest BCUT2D eigenvalue weighted by Crippen LogP contribution is 2.28. The van der Waals surface area contributed by atoms with E-state index in [0.29, 0.717) is 36.8 Å². The predicted octanol–water partition coefficient (Wildman–Crippen LogP) is 2.38. The van der Waals surface area contributed by atoms with E-state index < -0.39 is 0 Å². The molecule has 8 heteroatoms. The molecule has 0 saturated heterocycles. The molecule has 1 aliphatic heterocycles. The molecule has 2 aromatic heterocycles. The molecule has 0 bridgehead atoms. The first kappa shape index (κ1) is 16.1. The second-order valence-corrected chi connectivity index (χ2v) is 6.92. The van der Waals surface area contributed by atoms with Crippen LogP contribution >= 0.6 is 22.7 Å². The zero-order chi connectivity index (χ0) is 16.2. The van der Waals surface area contributed by atoms with Gasteiger partial charge in [0.05, 0.1) is 17.8 Å². The predicted molar refractivity (Wildman–Crippen MR) is 90.0 cm³/mol. The van der Waals surface area contributed by atoms with Crippen LogP contribution in [0.25, 0.3) is 0 Å². The second-order valence-electron chi connectivity index (χ2n) is 5.06. The number of amides is 2. The van der Waals surface area contributed by atoms with Crippen LogP contribution in [0, 0.1) is 0 Å². The molecular formula is C15H17N3O3S2. The third-order valence-corrected chi connectivity index (χ3v) is 5.20. The maximum atomic E-state index is 12.1. The van der Waals surface area contributed by atoms with Crippen molar-refractivity contribution in [3.63, 3.8) is 0 Å². The van der Waals surface area contributed by atoms with Crippen LogP contribution in [-0.2, 0) is 22.5 Å². The molecule has 0 aliphatic carbocycles. The smallest absolute Gasteiger partial charge is 0.258 e. The summed E-state index contributed by atoms with van der Waals surface area (Å²) >= 11 is 2.91. The van der Waals surface area contributed by atoms with E-state index in [1.54, 1.807) is 16.3 Å². The van der Waals surface area contributed by atoms with Gasteiger partial charge in [0, 0.05) is 29.8 Å². The van der Waals surface area contributed by atoms with Gasteiger partial charge in [0.2, 0.25) is 5.91 Å². The number of carbonyl (C=O) groups excluding carboxylic acids is 2. The summed E-state index contributed by atoms with van der Waals surface area (Å²) in [6.45, 7) is 3.69. The summed E-state index contributed by atoms with van der Waals surface area (Å²) in [6.07, 6.45) is 0.706. The van der Waals surface area contributed by atoms with Crippen LogP contribution in [0.4, 0.5) is 5.13 Å². The number of anilines is 1. The van der Waals surface area contributed by atoms with Crippen LogP contribution < -0.4 is 5.32 Å². The molecule has 1 N–H and O–H groups in total. The number of hydrogen-bond acceptors (Lipinski definition) is 6. The second kappa shape index (κ2) is 7.20. The lowest BCUT2D eigenvalue weighted by molar-refractivity contribution is -0.136. The highest BCUT2D eigenvalue weighted by atomic mass is 32.1. The van der Waals surface area contributed by atoms with E-state index >= 15 is 0 Å². The normalized spacial score (nSPS) is 13.7. The largest absolute Gasteiger partial charge is 0.372 e. The standard InChI is InChI=1S/C15H17N3O3S2/c1-2-21-8-13(19)18-5-3-11-12(7-18)23-15(16-11)17-14(20)10-4-6-22-9-10/h4,6,9H,2-3,5,7-8H2,1H3,(H,16,17,20). The van der Waals surface area contributed by atoms with E-state index in [9.17, 15) is 9.59 Å². The number of nitrogens with zero attached hydrogens (tertiary/aromatic N) is 2. The highest BCUT2D eigenvalue weighted by Gasteiger charge is 2.24. The average molecular weight is 351 g/mol. The van der Waals surface area contributed by atoms with Gasteiger partial charge in [0.25, 0.3) is 5.91 Å². The molecule has 0 fully saturated rings. The molecule has 0 radical (unpaired) electrons. The Morgan fingerprint density at radius 1 is 1.48 bits per heavy atom. The molecule has 0 atom stereocenters. The number of thiazole rings is 1. The number of aromatic nitrogens is 1. The molecule has 1 aliphatic rings. The van der Waals surface area contributed by atoms with Gasteiger partial charge in [-0.05, 0) is 18.4 Å². The van der Waals surface area contributed by atoms with Crippen molar-refractivity contribution >= 4 is 39.6 Å². The first-order chi connectivity index (χ1) is 11.2. The van der Waals surface area contributed by atoms with E-state index in [2.05, 4.69) is 10.3 Å². The summed E-state index contributed by atoms with van der Waals surface area (Å²) < 4.78 is 5.18. The Balaban J connectivity index is 1.64. The highest BCUT2D eigenvalue weighted by molar-refractivity contribution is 7.16. The number of carbonyl (C=O) groups is 2. The van der Waals surface area contributed by atoms with Crippen molar-refractivity contribution in [2.75, 3.05) is 25.1 Å². The number of fused-ring (bicyclic) bond motifs is 1. The first-order valence-corrected chi connectivity index (χ1v) is 9.11. The molecular weight excluding hydrogens is 334 g/mol. The van der Waals surface area contributed by atoms with Gasteiger partial charge in [-0.3, -0.25) is 14.9 Å². The molecule has 2 amide bonds. The Morgan fingerprint density at radius 3 is 3.09 bits per heavy atom. The number of hydrogen-bond donors (Lipinski definition) is 1. The molecule has 3 rings (SSSR count). The monoisotopic (exact) mass is 351 g/mol. The minimum absolute atomic E-state index is 0.00485. The van der Waals surface area contributed by atoms with Gasteiger partial charge < -0.3 is 9.64 Å². The van der Waals surface area contributed by atoms with E-state index in [-0.39, 0.29) is 18.4 Å². The van der Waals surface area contributed by atoms with E-state index in [4.69, 9.17) is 4.74 Å². The van der Waals surface area contributed by atoms with Gasteiger partial charge in [0.1, 0.15) is 6.61 Å². The van der Waals surface area contributed by atoms with Crippen LogP contribution in [0.1, 0.15) is 27.9 Å². The lowest BCUT2D eigenvalue weighted by Gasteiger charge is -2.25. The van der Waals surface area contributed by atoms with E-state index in [1.165, 1.54) is 22.7 Å². The molecule has 0 aromatic carbocycles. The van der Waals surface area contributed by atoms with Crippen molar-refractivity contribution in [1.82, 2.24) is 9.88 Å². The zero-order valence-electron chi connectivity index (χ0n) is 12.7. The number of nitrogens with one attached hydrogen (secondary N) is 1. The molecule has 2 aromatic rings. The number of thiophene rings is 1. The molecule has 6 nitrogen and oxygen atoms in total. The summed E-state index contributed by atoms with van der Waals surface area (Å²) in [6, 6.07) is 1.78. The minimum atomic E-state index is -0.151. The van der Waals surface area contributed by atoms with Gasteiger partial charge in [-0.15, -0.1) is 0 Å². The van der Waals surface area contributed by atoms with Crippen LogP contribution in [0.15, 0.2) is 16.8 Å². The topological polar surface area (TPSA) is 71.5 Å². The third kappa shape index (κ3) is 3.77. The SMILES string of the molecule is CCOCC(=O)N1CCc2nc(NC(=O)c3ccsc3)sc2C1. The quantitative estimate of drug-likeness (QED) is 0.898. The van der Waals surface area contributed by atoms with Crippen molar-refractivity contribution < 1.29 is 14.3 Å². The van der Waals surface area contributed by atoms with Crippen molar-refractivity contribution in [1.29, 1.82) is 0 Å². The summed E-state index contributed by atoms with van der Waals surface area (Å²) in [7, 11) is 0. The lowest BCUT2D eigenvalue weighted by Crippen LogP contribution is -2.37. The molecule has 122 valence electrons. The van der Waals surface area contributed by atoms with Gasteiger partial charge in [0.15, 0.2) is 5.13 Å². The fraction of sp³-hybridized carbons (Fsp3) is 0.400. The molecule has 3 heterocycles. The van der Waals surface area contributed by atoms with Crippen LogP contribution in [0.3, 0.4) is 0 Å². The Hall–Kier alpha value is -1.77. The van der Waals surface area contributed by atoms with Gasteiger partial charge in [-0.1, -0.05) is 11.3 Å². The molecule has 0 unspecified atom stereocenters. The summed E-state index contributed by atoms with van der Waals surface area (Å²) in [4.78, 5) is 31.4. The van der Waals surface area contributed by atoms with Gasteiger partial charge in [-0.2, -0.15) is 11.3 Å². The Bertz CT molecular complexity index is 697. The Labute approximate surface area is 142 Å². The minimum Gasteiger partial charge on any atom is -0.372 e. The molecule has 0 saturated carbocycles. The zero-order valence-corrected chi connectivity index (χ0v) is 14.3. The van der Waals surface area contributed by atoms with Crippen LogP contribution in [0.5, 0.6) is 0 Å². The van der Waals surface area contributed by atoms with Crippen molar-refractivity contribution in [3.8, 4) is 0 Å². The third-order valence-electron chi connectivity index (χ3n) is 3.52.